The molecule has 0 aliphatic rings. The molecule has 1 heterocycles. The minimum absolute atomic E-state index is 0.0792. The van der Waals surface area contributed by atoms with Crippen molar-refractivity contribution >= 4 is 23.3 Å². The number of nitrogens with one attached hydrogen (secondary N) is 2. The normalized spacial score (nSPS) is 12.1. The summed E-state index contributed by atoms with van der Waals surface area (Å²) < 4.78 is 0. The Morgan fingerprint density at radius 1 is 1.73 bits per heavy atom. The van der Waals surface area contributed by atoms with E-state index in [1.807, 2.05) is 0 Å². The summed E-state index contributed by atoms with van der Waals surface area (Å²) in [6, 6.07) is 0.921. The second-order valence-electron chi connectivity index (χ2n) is 2.84. The van der Waals surface area contributed by atoms with Crippen molar-refractivity contribution < 1.29 is 15.0 Å². The molecule has 0 spiro atoms. The fourth-order valence-electron chi connectivity index (χ4n) is 1.03. The van der Waals surface area contributed by atoms with E-state index in [0.717, 1.165) is 0 Å². The number of rotatable bonds is 4. The molecule has 1 rings (SSSR count). The molecule has 0 aliphatic carbocycles. The van der Waals surface area contributed by atoms with E-state index in [1.54, 1.807) is 11.4 Å². The van der Waals surface area contributed by atoms with Crippen LogP contribution in [0.4, 0.5) is 4.79 Å². The Labute approximate surface area is 89.9 Å². The summed E-state index contributed by atoms with van der Waals surface area (Å²) in [7, 11) is 0. The van der Waals surface area contributed by atoms with Crippen LogP contribution in [-0.2, 0) is 0 Å². The topological polar surface area (TPSA) is 119 Å². The number of carbonyl (C=O) groups is 1. The van der Waals surface area contributed by atoms with E-state index < -0.39 is 12.1 Å². The Kier molecular flexibility index (Phi) is 3.64. The van der Waals surface area contributed by atoms with Crippen LogP contribution in [0, 0.1) is 5.41 Å². The van der Waals surface area contributed by atoms with Crippen molar-refractivity contribution in [3.63, 3.8) is 0 Å². The first kappa shape index (κ1) is 11.5. The van der Waals surface area contributed by atoms with E-state index in [-0.39, 0.29) is 12.4 Å². The van der Waals surface area contributed by atoms with E-state index in [9.17, 15) is 4.79 Å². The van der Waals surface area contributed by atoms with Gasteiger partial charge >= 0.3 is 6.09 Å². The standard InChI is InChI=1S/C8H11N3O3S/c9-7(10)4-1-6(15-3-4)5(2-12)11-8(13)14/h1,3,5,11-12H,2H2,(H3,9,10)(H,13,14)/t5-/m1/s1. The van der Waals surface area contributed by atoms with Crippen molar-refractivity contribution in [3.05, 3.63) is 21.9 Å². The molecule has 6 nitrogen and oxygen atoms in total. The number of carboxylic acid groups (broad SMARTS) is 1. The third-order valence-electron chi connectivity index (χ3n) is 1.75. The number of amidine groups is 1. The number of amides is 1. The van der Waals surface area contributed by atoms with Gasteiger partial charge in [-0.25, -0.2) is 4.79 Å². The predicted octanol–water partition coefficient (Wildman–Crippen LogP) is 0.333. The van der Waals surface area contributed by atoms with Gasteiger partial charge in [-0.2, -0.15) is 0 Å². The molecule has 1 aromatic heterocycles. The minimum atomic E-state index is -1.20. The third kappa shape index (κ3) is 2.93. The van der Waals surface area contributed by atoms with Gasteiger partial charge in [0.1, 0.15) is 5.84 Å². The fraction of sp³-hybridized carbons (Fsp3) is 0.250. The van der Waals surface area contributed by atoms with Crippen molar-refractivity contribution in [1.82, 2.24) is 5.32 Å². The molecule has 0 aromatic carbocycles. The summed E-state index contributed by atoms with van der Waals surface area (Å²) in [5, 5.41) is 28.5. The lowest BCUT2D eigenvalue weighted by Gasteiger charge is -2.11. The van der Waals surface area contributed by atoms with Crippen LogP contribution in [0.15, 0.2) is 11.4 Å². The summed E-state index contributed by atoms with van der Waals surface area (Å²) in [6.45, 7) is -0.329. The maximum absolute atomic E-state index is 10.4. The number of aliphatic hydroxyl groups excluding tert-OH is 1. The highest BCUT2D eigenvalue weighted by Gasteiger charge is 2.15. The quantitative estimate of drug-likeness (QED) is 0.377. The number of aliphatic hydroxyl groups is 1. The van der Waals surface area contributed by atoms with E-state index in [0.29, 0.717) is 10.4 Å². The molecule has 6 N–H and O–H groups in total. The van der Waals surface area contributed by atoms with Crippen LogP contribution in [0.25, 0.3) is 0 Å². The first-order valence-electron chi connectivity index (χ1n) is 4.07. The lowest BCUT2D eigenvalue weighted by Crippen LogP contribution is -2.28. The van der Waals surface area contributed by atoms with Crippen molar-refractivity contribution in [2.75, 3.05) is 6.61 Å². The van der Waals surface area contributed by atoms with Gasteiger partial charge in [0.05, 0.1) is 12.6 Å². The summed E-state index contributed by atoms with van der Waals surface area (Å²) in [5.41, 5.74) is 5.79. The maximum Gasteiger partial charge on any atom is 0.405 e. The smallest absolute Gasteiger partial charge is 0.405 e. The molecule has 0 bridgehead atoms. The zero-order chi connectivity index (χ0) is 11.4. The number of nitrogens with two attached hydrogens (primary N) is 1. The van der Waals surface area contributed by atoms with Crippen LogP contribution in [0.3, 0.4) is 0 Å². The highest BCUT2D eigenvalue weighted by molar-refractivity contribution is 7.10. The lowest BCUT2D eigenvalue weighted by molar-refractivity contribution is 0.178. The van der Waals surface area contributed by atoms with Crippen molar-refractivity contribution in [3.8, 4) is 0 Å². The van der Waals surface area contributed by atoms with Crippen LogP contribution in [0.1, 0.15) is 16.5 Å². The first-order chi connectivity index (χ1) is 7.04. The molecule has 0 radical (unpaired) electrons. The van der Waals surface area contributed by atoms with Gasteiger partial charge in [-0.3, -0.25) is 5.41 Å². The van der Waals surface area contributed by atoms with Gasteiger partial charge < -0.3 is 21.3 Å². The van der Waals surface area contributed by atoms with Crippen LogP contribution in [0.5, 0.6) is 0 Å². The Balaban J connectivity index is 2.83. The second kappa shape index (κ2) is 4.76. The molecule has 1 atom stereocenters. The van der Waals surface area contributed by atoms with Gasteiger partial charge in [0.2, 0.25) is 0 Å². The Hall–Kier alpha value is -1.60. The Morgan fingerprint density at radius 2 is 2.40 bits per heavy atom. The van der Waals surface area contributed by atoms with Crippen LogP contribution in [0.2, 0.25) is 0 Å². The minimum Gasteiger partial charge on any atom is -0.465 e. The van der Waals surface area contributed by atoms with Crippen molar-refractivity contribution in [1.29, 1.82) is 5.41 Å². The number of hydrogen-bond acceptors (Lipinski definition) is 4. The predicted molar refractivity (Wildman–Crippen MR) is 56.3 cm³/mol. The van der Waals surface area contributed by atoms with Gasteiger partial charge in [-0.05, 0) is 6.07 Å². The van der Waals surface area contributed by atoms with Gasteiger partial charge in [-0.15, -0.1) is 11.3 Å². The highest BCUT2D eigenvalue weighted by atomic mass is 32.1. The summed E-state index contributed by atoms with van der Waals surface area (Å²) in [5.74, 6) is -0.0792. The SMILES string of the molecule is N=C(N)c1csc([C@@H](CO)NC(=O)O)c1. The average molecular weight is 229 g/mol. The first-order valence-corrected chi connectivity index (χ1v) is 4.95. The van der Waals surface area contributed by atoms with E-state index in [2.05, 4.69) is 5.32 Å². The van der Waals surface area contributed by atoms with E-state index >= 15 is 0 Å². The largest absolute Gasteiger partial charge is 0.465 e. The molecule has 1 aromatic rings. The lowest BCUT2D eigenvalue weighted by atomic mass is 10.2. The zero-order valence-electron chi connectivity index (χ0n) is 7.73. The van der Waals surface area contributed by atoms with Gasteiger partial charge in [0.25, 0.3) is 0 Å². The molecule has 0 saturated heterocycles. The van der Waals surface area contributed by atoms with E-state index in [4.69, 9.17) is 21.4 Å². The molecule has 1 amide bonds. The molecule has 82 valence electrons. The highest BCUT2D eigenvalue weighted by Crippen LogP contribution is 2.21. The summed E-state index contributed by atoms with van der Waals surface area (Å²) in [4.78, 5) is 11.0. The molecule has 0 fully saturated rings. The van der Waals surface area contributed by atoms with Gasteiger partial charge in [0.15, 0.2) is 0 Å². The number of thiophene rings is 1. The molecular formula is C8H11N3O3S. The number of nitrogen functional groups attached to an aromatic ring is 1. The molecule has 0 saturated carbocycles. The Bertz CT molecular complexity index is 377. The summed E-state index contributed by atoms with van der Waals surface area (Å²) >= 11 is 1.25. The maximum atomic E-state index is 10.4. The van der Waals surface area contributed by atoms with Crippen LogP contribution >= 0.6 is 11.3 Å². The van der Waals surface area contributed by atoms with Crippen molar-refractivity contribution in [2.24, 2.45) is 5.73 Å². The zero-order valence-corrected chi connectivity index (χ0v) is 8.54. The molecule has 0 unspecified atom stereocenters. The molecule has 0 aliphatic heterocycles. The van der Waals surface area contributed by atoms with Gasteiger partial charge in [0, 0.05) is 15.8 Å². The van der Waals surface area contributed by atoms with Crippen molar-refractivity contribution in [2.45, 2.75) is 6.04 Å². The van der Waals surface area contributed by atoms with E-state index in [1.165, 1.54) is 11.3 Å². The van der Waals surface area contributed by atoms with Crippen LogP contribution in [-0.4, -0.2) is 28.7 Å². The molecule has 15 heavy (non-hydrogen) atoms. The molecule has 7 heteroatoms. The average Bonchev–Trinajstić information content (AvgIpc) is 2.62. The second-order valence-corrected chi connectivity index (χ2v) is 3.78. The monoisotopic (exact) mass is 229 g/mol. The third-order valence-corrected chi connectivity index (χ3v) is 2.80. The van der Waals surface area contributed by atoms with Crippen LogP contribution < -0.4 is 11.1 Å². The fourth-order valence-corrected chi connectivity index (χ4v) is 1.98. The Morgan fingerprint density at radius 3 is 2.80 bits per heavy atom. The number of hydrogen-bond donors (Lipinski definition) is 5. The summed E-state index contributed by atoms with van der Waals surface area (Å²) in [6.07, 6.45) is -1.20. The molecular weight excluding hydrogens is 218 g/mol. The van der Waals surface area contributed by atoms with Gasteiger partial charge in [-0.1, -0.05) is 0 Å².